The highest BCUT2D eigenvalue weighted by molar-refractivity contribution is 7.99. The highest BCUT2D eigenvalue weighted by atomic mass is 32.2. The van der Waals surface area contributed by atoms with Gasteiger partial charge in [0, 0.05) is 12.1 Å². The molecule has 16 heavy (non-hydrogen) atoms. The third-order valence-electron chi connectivity index (χ3n) is 2.03. The van der Waals surface area contributed by atoms with Gasteiger partial charge in [-0.05, 0) is 43.7 Å². The van der Waals surface area contributed by atoms with Gasteiger partial charge < -0.3 is 0 Å². The molecule has 1 aromatic heterocycles. The van der Waals surface area contributed by atoms with Crippen LogP contribution in [0.2, 0.25) is 0 Å². The van der Waals surface area contributed by atoms with Gasteiger partial charge in [-0.25, -0.2) is 10.8 Å². The zero-order valence-corrected chi connectivity index (χ0v) is 10.4. The molecule has 1 amide bonds. The zero-order valence-electron chi connectivity index (χ0n) is 9.62. The number of carbonyl (C=O) groups is 1. The van der Waals surface area contributed by atoms with Crippen LogP contribution < -0.4 is 11.3 Å². The fraction of sp³-hybridized carbons (Fsp3) is 0.455. The van der Waals surface area contributed by atoms with Crippen molar-refractivity contribution in [3.63, 3.8) is 0 Å². The summed E-state index contributed by atoms with van der Waals surface area (Å²) in [4.78, 5) is 15.3. The molecule has 0 aliphatic rings. The summed E-state index contributed by atoms with van der Waals surface area (Å²) in [5.41, 5.74) is 4.37. The molecular formula is C11H17N3OS. The van der Waals surface area contributed by atoms with Crippen molar-refractivity contribution >= 4 is 17.7 Å². The maximum atomic E-state index is 10.9. The number of pyridine rings is 1. The van der Waals surface area contributed by atoms with E-state index < -0.39 is 0 Å². The average Bonchev–Trinajstić information content (AvgIpc) is 2.22. The van der Waals surface area contributed by atoms with E-state index in [1.54, 1.807) is 11.8 Å². The molecule has 88 valence electrons. The van der Waals surface area contributed by atoms with Crippen molar-refractivity contribution < 1.29 is 4.79 Å². The molecule has 0 saturated carbocycles. The van der Waals surface area contributed by atoms with Gasteiger partial charge in [0.05, 0.1) is 5.03 Å². The summed E-state index contributed by atoms with van der Waals surface area (Å²) in [6.45, 7) is 4.04. The van der Waals surface area contributed by atoms with Crippen molar-refractivity contribution in [3.8, 4) is 0 Å². The highest BCUT2D eigenvalue weighted by Crippen LogP contribution is 2.18. The number of aryl methyl sites for hydroxylation is 2. The second-order valence-corrected chi connectivity index (χ2v) is 4.76. The number of nitrogens with zero attached hydrogens (tertiary/aromatic N) is 1. The first-order chi connectivity index (χ1) is 7.61. The summed E-state index contributed by atoms with van der Waals surface area (Å²) in [5.74, 6) is 5.75. The Labute approximate surface area is 100.0 Å². The van der Waals surface area contributed by atoms with E-state index in [1.165, 1.54) is 5.56 Å². The van der Waals surface area contributed by atoms with E-state index in [0.29, 0.717) is 6.42 Å². The lowest BCUT2D eigenvalue weighted by Crippen LogP contribution is -2.29. The molecule has 4 nitrogen and oxygen atoms in total. The Bertz CT molecular complexity index is 348. The number of hydrazine groups is 1. The van der Waals surface area contributed by atoms with Crippen molar-refractivity contribution in [2.45, 2.75) is 31.7 Å². The van der Waals surface area contributed by atoms with Gasteiger partial charge in [0.1, 0.15) is 0 Å². The highest BCUT2D eigenvalue weighted by Gasteiger charge is 2.01. The van der Waals surface area contributed by atoms with Crippen molar-refractivity contribution in [2.75, 3.05) is 5.75 Å². The molecule has 0 aliphatic carbocycles. The summed E-state index contributed by atoms with van der Waals surface area (Å²) in [6.07, 6.45) is 1.27. The fourth-order valence-electron chi connectivity index (χ4n) is 1.36. The maximum absolute atomic E-state index is 10.9. The Morgan fingerprint density at radius 1 is 1.50 bits per heavy atom. The molecule has 3 N–H and O–H groups in total. The van der Waals surface area contributed by atoms with Gasteiger partial charge in [0.15, 0.2) is 0 Å². The number of rotatable bonds is 5. The third kappa shape index (κ3) is 4.63. The van der Waals surface area contributed by atoms with Crippen LogP contribution >= 0.6 is 11.8 Å². The monoisotopic (exact) mass is 239 g/mol. The van der Waals surface area contributed by atoms with Crippen molar-refractivity contribution in [3.05, 3.63) is 23.4 Å². The van der Waals surface area contributed by atoms with E-state index in [4.69, 9.17) is 5.84 Å². The average molecular weight is 239 g/mol. The minimum atomic E-state index is -0.117. The predicted octanol–water partition coefficient (Wildman–Crippen LogP) is 1.56. The fourth-order valence-corrected chi connectivity index (χ4v) is 2.34. The molecule has 1 rings (SSSR count). The lowest BCUT2D eigenvalue weighted by atomic mass is 10.3. The van der Waals surface area contributed by atoms with Crippen LogP contribution in [0.5, 0.6) is 0 Å². The van der Waals surface area contributed by atoms with Gasteiger partial charge in [0.2, 0.25) is 5.91 Å². The molecular weight excluding hydrogens is 222 g/mol. The van der Waals surface area contributed by atoms with Crippen LogP contribution in [0, 0.1) is 13.8 Å². The Morgan fingerprint density at radius 2 is 2.25 bits per heavy atom. The predicted molar refractivity (Wildman–Crippen MR) is 66.0 cm³/mol. The first kappa shape index (κ1) is 13.0. The van der Waals surface area contributed by atoms with Crippen LogP contribution in [0.1, 0.15) is 24.1 Å². The molecule has 5 heteroatoms. The van der Waals surface area contributed by atoms with Crippen molar-refractivity contribution in [1.29, 1.82) is 0 Å². The minimum Gasteiger partial charge on any atom is -0.294 e. The second-order valence-electron chi connectivity index (χ2n) is 3.64. The minimum absolute atomic E-state index is 0.117. The van der Waals surface area contributed by atoms with Gasteiger partial charge in [-0.3, -0.25) is 10.2 Å². The van der Waals surface area contributed by atoms with Gasteiger partial charge in [0.25, 0.3) is 0 Å². The number of hydrogen-bond acceptors (Lipinski definition) is 4. The first-order valence-corrected chi connectivity index (χ1v) is 6.18. The Morgan fingerprint density at radius 3 is 2.88 bits per heavy atom. The van der Waals surface area contributed by atoms with Gasteiger partial charge in [-0.15, -0.1) is 11.8 Å². The topological polar surface area (TPSA) is 68.0 Å². The van der Waals surface area contributed by atoms with Crippen molar-refractivity contribution in [2.24, 2.45) is 5.84 Å². The van der Waals surface area contributed by atoms with E-state index in [2.05, 4.69) is 23.4 Å². The van der Waals surface area contributed by atoms with E-state index in [1.807, 2.05) is 13.0 Å². The van der Waals surface area contributed by atoms with Crippen molar-refractivity contribution in [1.82, 2.24) is 10.4 Å². The Kier molecular flexibility index (Phi) is 5.28. The Balaban J connectivity index is 2.34. The van der Waals surface area contributed by atoms with Crippen LogP contribution in [-0.4, -0.2) is 16.6 Å². The summed E-state index contributed by atoms with van der Waals surface area (Å²) >= 11 is 1.67. The van der Waals surface area contributed by atoms with Crippen LogP contribution in [-0.2, 0) is 4.79 Å². The van der Waals surface area contributed by atoms with Crippen LogP contribution in [0.3, 0.4) is 0 Å². The maximum Gasteiger partial charge on any atom is 0.233 e. The third-order valence-corrected chi connectivity index (χ3v) is 3.03. The molecule has 0 unspecified atom stereocenters. The summed E-state index contributed by atoms with van der Waals surface area (Å²) < 4.78 is 0. The first-order valence-electron chi connectivity index (χ1n) is 5.19. The molecule has 0 saturated heterocycles. The molecule has 0 atom stereocenters. The number of thioether (sulfide) groups is 1. The largest absolute Gasteiger partial charge is 0.294 e. The second kappa shape index (κ2) is 6.50. The molecule has 1 aromatic rings. The van der Waals surface area contributed by atoms with E-state index in [-0.39, 0.29) is 5.91 Å². The van der Waals surface area contributed by atoms with Crippen LogP contribution in [0.4, 0.5) is 0 Å². The van der Waals surface area contributed by atoms with Crippen LogP contribution in [0.25, 0.3) is 0 Å². The van der Waals surface area contributed by atoms with E-state index >= 15 is 0 Å². The molecule has 0 spiro atoms. The smallest absolute Gasteiger partial charge is 0.233 e. The number of hydrogen-bond donors (Lipinski definition) is 2. The number of amides is 1. The Hall–Kier alpha value is -1.07. The zero-order chi connectivity index (χ0) is 12.0. The molecule has 0 radical (unpaired) electrons. The lowest BCUT2D eigenvalue weighted by molar-refractivity contribution is -0.121. The molecule has 0 bridgehead atoms. The quantitative estimate of drug-likeness (QED) is 0.269. The number of nitrogens with two attached hydrogens (primary N) is 1. The van der Waals surface area contributed by atoms with Gasteiger partial charge in [-0.1, -0.05) is 0 Å². The standard InChI is InChI=1S/C11H17N3OS/c1-8-6-9(2)13-11(7-8)16-5-3-4-10(15)14-12/h6-7H,3-5,12H2,1-2H3,(H,14,15). The van der Waals surface area contributed by atoms with E-state index in [0.717, 1.165) is 22.9 Å². The van der Waals surface area contributed by atoms with Gasteiger partial charge in [-0.2, -0.15) is 0 Å². The SMILES string of the molecule is Cc1cc(C)nc(SCCCC(=O)NN)c1. The number of aromatic nitrogens is 1. The number of nitrogens with one attached hydrogen (secondary N) is 1. The number of carbonyl (C=O) groups excluding carboxylic acids is 1. The summed E-state index contributed by atoms with van der Waals surface area (Å²) in [6, 6.07) is 4.10. The van der Waals surface area contributed by atoms with Gasteiger partial charge >= 0.3 is 0 Å². The lowest BCUT2D eigenvalue weighted by Gasteiger charge is -2.03. The molecule has 0 aromatic carbocycles. The van der Waals surface area contributed by atoms with E-state index in [9.17, 15) is 4.79 Å². The normalized spacial score (nSPS) is 10.2. The summed E-state index contributed by atoms with van der Waals surface area (Å²) in [5, 5.41) is 1.02. The van der Waals surface area contributed by atoms with Crippen LogP contribution in [0.15, 0.2) is 17.2 Å². The molecule has 0 aliphatic heterocycles. The molecule has 0 fully saturated rings. The summed E-state index contributed by atoms with van der Waals surface area (Å²) in [7, 11) is 0. The molecule has 1 heterocycles.